The van der Waals surface area contributed by atoms with Crippen LogP contribution in [0, 0.1) is 23.7 Å². The van der Waals surface area contributed by atoms with Crippen LogP contribution in [0.15, 0.2) is 0 Å². The van der Waals surface area contributed by atoms with Gasteiger partial charge in [-0.05, 0) is 20.3 Å². The van der Waals surface area contributed by atoms with E-state index in [2.05, 4.69) is 18.9 Å². The second-order valence-electron chi connectivity index (χ2n) is 6.11. The minimum absolute atomic E-state index is 0.0908. The molecule has 0 aromatic carbocycles. The van der Waals surface area contributed by atoms with Gasteiger partial charge in [0.1, 0.15) is 0 Å². The van der Waals surface area contributed by atoms with E-state index in [0.29, 0.717) is 19.3 Å². The molecule has 0 spiro atoms. The number of terminal acetylenes is 1. The Labute approximate surface area is 123 Å². The van der Waals surface area contributed by atoms with Crippen molar-refractivity contribution in [3.63, 3.8) is 0 Å². The first-order valence-electron chi connectivity index (χ1n) is 7.69. The fraction of sp³-hybridized carbons (Fsp3) is 0.824. The Morgan fingerprint density at radius 2 is 2.05 bits per heavy atom. The highest BCUT2D eigenvalue weighted by Gasteiger charge is 2.45. The van der Waals surface area contributed by atoms with Crippen molar-refractivity contribution in [2.24, 2.45) is 0 Å². The van der Waals surface area contributed by atoms with Crippen LogP contribution in [0.25, 0.3) is 0 Å². The molecule has 1 rings (SSSR count). The molecule has 0 radical (unpaired) electrons. The Balaban J connectivity index is 2.64. The van der Waals surface area contributed by atoms with E-state index in [0.717, 1.165) is 12.8 Å². The molecule has 0 aromatic heterocycles. The van der Waals surface area contributed by atoms with Gasteiger partial charge in [-0.2, -0.15) is 5.26 Å². The number of nitriles is 1. The van der Waals surface area contributed by atoms with Gasteiger partial charge in [0.2, 0.25) is 0 Å². The zero-order valence-corrected chi connectivity index (χ0v) is 13.1. The third-order valence-electron chi connectivity index (χ3n) is 3.71. The zero-order chi connectivity index (χ0) is 15.1. The van der Waals surface area contributed by atoms with Crippen molar-refractivity contribution in [2.75, 3.05) is 0 Å². The summed E-state index contributed by atoms with van der Waals surface area (Å²) in [5.41, 5.74) is -0.788. The fourth-order valence-corrected chi connectivity index (χ4v) is 2.86. The minimum Gasteiger partial charge on any atom is -0.347 e. The second-order valence-corrected chi connectivity index (χ2v) is 6.11. The van der Waals surface area contributed by atoms with Gasteiger partial charge in [0, 0.05) is 19.3 Å². The van der Waals surface area contributed by atoms with Crippen molar-refractivity contribution < 1.29 is 9.47 Å². The van der Waals surface area contributed by atoms with Gasteiger partial charge in [0.25, 0.3) is 0 Å². The van der Waals surface area contributed by atoms with E-state index < -0.39 is 11.4 Å². The Morgan fingerprint density at radius 3 is 2.65 bits per heavy atom. The van der Waals surface area contributed by atoms with Crippen LogP contribution in [0.2, 0.25) is 0 Å². The van der Waals surface area contributed by atoms with Crippen LogP contribution in [-0.4, -0.2) is 17.5 Å². The average molecular weight is 277 g/mol. The van der Waals surface area contributed by atoms with Gasteiger partial charge >= 0.3 is 0 Å². The zero-order valence-electron chi connectivity index (χ0n) is 13.1. The summed E-state index contributed by atoms with van der Waals surface area (Å²) < 4.78 is 11.9. The summed E-state index contributed by atoms with van der Waals surface area (Å²) in [5, 5.41) is 9.53. The van der Waals surface area contributed by atoms with Crippen LogP contribution in [0.3, 0.4) is 0 Å². The minimum atomic E-state index is -0.788. The van der Waals surface area contributed by atoms with E-state index in [4.69, 9.17) is 15.9 Å². The molecule has 1 saturated heterocycles. The Morgan fingerprint density at radius 1 is 1.30 bits per heavy atom. The molecule has 1 aliphatic heterocycles. The van der Waals surface area contributed by atoms with Crippen molar-refractivity contribution in [3.8, 4) is 18.4 Å². The van der Waals surface area contributed by atoms with Crippen molar-refractivity contribution in [1.29, 1.82) is 5.26 Å². The lowest BCUT2D eigenvalue weighted by atomic mass is 9.88. The standard InChI is InChI=1S/C17H27NO2/c1-5-7-9-10-11-15-13-17(14-18,12-8-6-2)20-16(3,4)19-15/h2,15H,5,7-13H2,1,3-4H3/t15-,17+/m0/s1. The highest BCUT2D eigenvalue weighted by molar-refractivity contribution is 5.08. The van der Waals surface area contributed by atoms with Crippen LogP contribution in [0.5, 0.6) is 0 Å². The third-order valence-corrected chi connectivity index (χ3v) is 3.71. The smallest absolute Gasteiger partial charge is 0.165 e. The Kier molecular flexibility index (Phi) is 6.53. The third kappa shape index (κ3) is 5.16. The molecule has 0 unspecified atom stereocenters. The summed E-state index contributed by atoms with van der Waals surface area (Å²) in [5.74, 6) is 1.89. The van der Waals surface area contributed by atoms with Gasteiger partial charge in [0.15, 0.2) is 11.4 Å². The molecule has 112 valence electrons. The number of nitrogens with zero attached hydrogens (tertiary/aromatic N) is 1. The lowest BCUT2D eigenvalue weighted by molar-refractivity contribution is -0.321. The molecule has 0 aliphatic carbocycles. The van der Waals surface area contributed by atoms with E-state index in [-0.39, 0.29) is 6.10 Å². The number of ether oxygens (including phenoxy) is 2. The van der Waals surface area contributed by atoms with E-state index in [1.54, 1.807) is 0 Å². The molecule has 0 bridgehead atoms. The molecule has 0 amide bonds. The van der Waals surface area contributed by atoms with Crippen LogP contribution in [-0.2, 0) is 9.47 Å². The topological polar surface area (TPSA) is 42.2 Å². The van der Waals surface area contributed by atoms with Crippen molar-refractivity contribution in [3.05, 3.63) is 0 Å². The molecule has 2 atom stereocenters. The van der Waals surface area contributed by atoms with Crippen LogP contribution >= 0.6 is 0 Å². The normalized spacial score (nSPS) is 28.6. The quantitative estimate of drug-likeness (QED) is 0.518. The van der Waals surface area contributed by atoms with Gasteiger partial charge in [0.05, 0.1) is 12.2 Å². The molecule has 0 aromatic rings. The van der Waals surface area contributed by atoms with Crippen LogP contribution < -0.4 is 0 Å². The molecule has 0 N–H and O–H groups in total. The number of hydrogen-bond donors (Lipinski definition) is 0. The molecule has 1 heterocycles. The summed E-state index contributed by atoms with van der Waals surface area (Å²) >= 11 is 0. The number of hydrogen-bond acceptors (Lipinski definition) is 3. The van der Waals surface area contributed by atoms with Crippen LogP contribution in [0.1, 0.15) is 72.1 Å². The fourth-order valence-electron chi connectivity index (χ4n) is 2.86. The Hall–Kier alpha value is -1.03. The lowest BCUT2D eigenvalue weighted by Crippen LogP contribution is -2.51. The molecule has 0 saturated carbocycles. The van der Waals surface area contributed by atoms with Gasteiger partial charge in [-0.25, -0.2) is 0 Å². The molecule has 20 heavy (non-hydrogen) atoms. The van der Waals surface area contributed by atoms with E-state index >= 15 is 0 Å². The highest BCUT2D eigenvalue weighted by Crippen LogP contribution is 2.38. The molecular formula is C17H27NO2. The first-order valence-corrected chi connectivity index (χ1v) is 7.69. The first kappa shape index (κ1) is 17.0. The maximum Gasteiger partial charge on any atom is 0.165 e. The van der Waals surface area contributed by atoms with Gasteiger partial charge < -0.3 is 9.47 Å². The number of unbranched alkanes of at least 4 members (excludes halogenated alkanes) is 3. The molecule has 3 heteroatoms. The average Bonchev–Trinajstić information content (AvgIpc) is 2.40. The molecule has 3 nitrogen and oxygen atoms in total. The maximum atomic E-state index is 9.53. The van der Waals surface area contributed by atoms with Gasteiger partial charge in [-0.15, -0.1) is 12.3 Å². The number of rotatable bonds is 7. The Bertz CT molecular complexity index is 377. The summed E-state index contributed by atoms with van der Waals surface area (Å²) in [6, 6.07) is 2.34. The van der Waals surface area contributed by atoms with E-state index in [1.165, 1.54) is 19.3 Å². The van der Waals surface area contributed by atoms with Crippen molar-refractivity contribution >= 4 is 0 Å². The van der Waals surface area contributed by atoms with Crippen molar-refractivity contribution in [2.45, 2.75) is 89.6 Å². The van der Waals surface area contributed by atoms with Crippen molar-refractivity contribution in [1.82, 2.24) is 0 Å². The predicted octanol–water partition coefficient (Wildman–Crippen LogP) is 4.17. The summed E-state index contributed by atoms with van der Waals surface area (Å²) in [4.78, 5) is 0. The second kappa shape index (κ2) is 7.67. The SMILES string of the molecule is C#CCC[C@]1(C#N)C[C@H](CCCCCC)OC(C)(C)O1. The monoisotopic (exact) mass is 277 g/mol. The van der Waals surface area contributed by atoms with E-state index in [1.807, 2.05) is 13.8 Å². The van der Waals surface area contributed by atoms with Crippen LogP contribution in [0.4, 0.5) is 0 Å². The summed E-state index contributed by atoms with van der Waals surface area (Å²) in [6.45, 7) is 5.97. The first-order chi connectivity index (χ1) is 9.47. The summed E-state index contributed by atoms with van der Waals surface area (Å²) in [6.07, 6.45) is 13.0. The maximum absolute atomic E-state index is 9.53. The lowest BCUT2D eigenvalue weighted by Gasteiger charge is -2.45. The van der Waals surface area contributed by atoms with Gasteiger partial charge in [-0.3, -0.25) is 0 Å². The summed E-state index contributed by atoms with van der Waals surface area (Å²) in [7, 11) is 0. The predicted molar refractivity (Wildman–Crippen MR) is 79.8 cm³/mol. The van der Waals surface area contributed by atoms with E-state index in [9.17, 15) is 5.26 Å². The molecule has 1 aliphatic rings. The highest BCUT2D eigenvalue weighted by atomic mass is 16.7. The largest absolute Gasteiger partial charge is 0.347 e. The molecular weight excluding hydrogens is 250 g/mol. The van der Waals surface area contributed by atoms with Gasteiger partial charge in [-0.1, -0.05) is 32.6 Å². The molecule has 1 fully saturated rings.